The molecule has 0 saturated heterocycles. The Morgan fingerprint density at radius 3 is 2.59 bits per heavy atom. The van der Waals surface area contributed by atoms with Crippen molar-refractivity contribution in [2.75, 3.05) is 5.73 Å². The summed E-state index contributed by atoms with van der Waals surface area (Å²) in [6.07, 6.45) is 0.937. The van der Waals surface area contributed by atoms with Crippen molar-refractivity contribution < 1.29 is 9.90 Å². The number of H-pyrrole nitrogens is 1. The monoisotopic (exact) mass is 231 g/mol. The molecule has 0 amide bonds. The van der Waals surface area contributed by atoms with Crippen LogP contribution in [0.2, 0.25) is 0 Å². The maximum Gasteiger partial charge on any atom is 0.354 e. The van der Waals surface area contributed by atoms with E-state index in [4.69, 9.17) is 10.8 Å². The van der Waals surface area contributed by atoms with Gasteiger partial charge in [-0.2, -0.15) is 5.10 Å². The first-order valence-electron chi connectivity index (χ1n) is 5.30. The number of anilines is 1. The number of hydrogen-bond donors (Lipinski definition) is 3. The minimum absolute atomic E-state index is 0.0201. The highest BCUT2D eigenvalue weighted by Gasteiger charge is 2.18. The van der Waals surface area contributed by atoms with E-state index in [2.05, 4.69) is 17.1 Å². The molecule has 0 radical (unpaired) electrons. The lowest BCUT2D eigenvalue weighted by molar-refractivity contribution is 0.0691. The molecular weight excluding hydrogens is 218 g/mol. The molecule has 1 heterocycles. The Hall–Kier alpha value is -2.30. The fourth-order valence-electron chi connectivity index (χ4n) is 1.71. The summed E-state index contributed by atoms with van der Waals surface area (Å²) in [4.78, 5) is 11.0. The molecule has 88 valence electrons. The average molecular weight is 231 g/mol. The molecule has 5 heteroatoms. The summed E-state index contributed by atoms with van der Waals surface area (Å²) in [6, 6.07) is 7.61. The molecule has 2 aromatic rings. The first-order chi connectivity index (χ1) is 8.13. The third-order valence-corrected chi connectivity index (χ3v) is 2.66. The minimum atomic E-state index is -1.07. The number of aromatic carboxylic acids is 1. The van der Waals surface area contributed by atoms with Crippen LogP contribution >= 0.6 is 0 Å². The Balaban J connectivity index is 2.51. The Kier molecular flexibility index (Phi) is 2.82. The van der Waals surface area contributed by atoms with Gasteiger partial charge in [0, 0.05) is 0 Å². The van der Waals surface area contributed by atoms with Crippen molar-refractivity contribution in [1.82, 2.24) is 10.2 Å². The van der Waals surface area contributed by atoms with E-state index in [9.17, 15) is 4.79 Å². The van der Waals surface area contributed by atoms with Gasteiger partial charge in [0.2, 0.25) is 0 Å². The highest BCUT2D eigenvalue weighted by molar-refractivity contribution is 5.97. The number of aromatic amines is 1. The van der Waals surface area contributed by atoms with Gasteiger partial charge < -0.3 is 10.8 Å². The molecule has 0 aliphatic rings. The van der Waals surface area contributed by atoms with E-state index in [1.807, 2.05) is 24.3 Å². The van der Waals surface area contributed by atoms with Gasteiger partial charge >= 0.3 is 5.97 Å². The van der Waals surface area contributed by atoms with E-state index < -0.39 is 5.97 Å². The van der Waals surface area contributed by atoms with Crippen molar-refractivity contribution in [3.8, 4) is 11.1 Å². The molecule has 0 unspecified atom stereocenters. The zero-order valence-corrected chi connectivity index (χ0v) is 9.40. The molecule has 0 saturated carbocycles. The van der Waals surface area contributed by atoms with Crippen molar-refractivity contribution in [3.05, 3.63) is 35.5 Å². The number of carboxylic acid groups (broad SMARTS) is 1. The highest BCUT2D eigenvalue weighted by atomic mass is 16.4. The van der Waals surface area contributed by atoms with Gasteiger partial charge in [-0.15, -0.1) is 0 Å². The van der Waals surface area contributed by atoms with E-state index >= 15 is 0 Å². The lowest BCUT2D eigenvalue weighted by atomic mass is 10.0. The fraction of sp³-hybridized carbons (Fsp3) is 0.167. The van der Waals surface area contributed by atoms with Crippen LogP contribution in [0.1, 0.15) is 23.0 Å². The first kappa shape index (κ1) is 11.2. The van der Waals surface area contributed by atoms with Gasteiger partial charge in [0.1, 0.15) is 0 Å². The van der Waals surface area contributed by atoms with Gasteiger partial charge in [-0.3, -0.25) is 5.10 Å². The molecule has 1 aromatic carbocycles. The number of nitrogens with two attached hydrogens (primary N) is 1. The second kappa shape index (κ2) is 4.29. The van der Waals surface area contributed by atoms with Crippen molar-refractivity contribution in [2.24, 2.45) is 0 Å². The molecule has 5 nitrogen and oxygen atoms in total. The number of carboxylic acids is 1. The summed E-state index contributed by atoms with van der Waals surface area (Å²) >= 11 is 0. The second-order valence-electron chi connectivity index (χ2n) is 3.71. The number of aromatic nitrogens is 2. The Bertz CT molecular complexity index is 543. The summed E-state index contributed by atoms with van der Waals surface area (Å²) in [5, 5.41) is 15.2. The van der Waals surface area contributed by atoms with Crippen LogP contribution in [0.4, 0.5) is 5.82 Å². The third-order valence-electron chi connectivity index (χ3n) is 2.66. The number of rotatable bonds is 3. The van der Waals surface area contributed by atoms with E-state index in [1.54, 1.807) is 0 Å². The second-order valence-corrected chi connectivity index (χ2v) is 3.71. The van der Waals surface area contributed by atoms with Gasteiger partial charge in [-0.05, 0) is 17.5 Å². The Morgan fingerprint density at radius 2 is 2.06 bits per heavy atom. The molecule has 0 fully saturated rings. The third kappa shape index (κ3) is 1.99. The van der Waals surface area contributed by atoms with Crippen LogP contribution in [0.25, 0.3) is 11.1 Å². The van der Waals surface area contributed by atoms with Gasteiger partial charge in [0.25, 0.3) is 0 Å². The molecule has 2 rings (SSSR count). The maximum atomic E-state index is 11.0. The molecule has 17 heavy (non-hydrogen) atoms. The molecule has 1 aromatic heterocycles. The van der Waals surface area contributed by atoms with Crippen LogP contribution in [0, 0.1) is 0 Å². The summed E-state index contributed by atoms with van der Waals surface area (Å²) in [5.41, 5.74) is 8.08. The minimum Gasteiger partial charge on any atom is -0.477 e. The number of hydrogen-bond acceptors (Lipinski definition) is 3. The van der Waals surface area contributed by atoms with Crippen molar-refractivity contribution in [2.45, 2.75) is 13.3 Å². The molecule has 4 N–H and O–H groups in total. The summed E-state index contributed by atoms with van der Waals surface area (Å²) < 4.78 is 0. The Labute approximate surface area is 98.3 Å². The van der Waals surface area contributed by atoms with Crippen LogP contribution in [0.15, 0.2) is 24.3 Å². The fourth-order valence-corrected chi connectivity index (χ4v) is 1.71. The zero-order valence-electron chi connectivity index (χ0n) is 9.40. The smallest absolute Gasteiger partial charge is 0.354 e. The largest absolute Gasteiger partial charge is 0.477 e. The average Bonchev–Trinajstić information content (AvgIpc) is 2.71. The molecule has 0 aliphatic carbocycles. The van der Waals surface area contributed by atoms with Crippen LogP contribution < -0.4 is 5.73 Å². The number of nitrogens with one attached hydrogen (secondary N) is 1. The number of benzene rings is 1. The van der Waals surface area contributed by atoms with Crippen LogP contribution in [0.5, 0.6) is 0 Å². The zero-order chi connectivity index (χ0) is 12.4. The summed E-state index contributed by atoms with van der Waals surface area (Å²) in [7, 11) is 0. The first-order valence-corrected chi connectivity index (χ1v) is 5.30. The van der Waals surface area contributed by atoms with Crippen LogP contribution in [-0.4, -0.2) is 21.3 Å². The predicted molar refractivity (Wildman–Crippen MR) is 64.8 cm³/mol. The predicted octanol–water partition coefficient (Wildman–Crippen LogP) is 1.92. The number of nitrogen functional groups attached to an aromatic ring is 1. The summed E-state index contributed by atoms with van der Waals surface area (Å²) in [5.74, 6) is -0.865. The quantitative estimate of drug-likeness (QED) is 0.752. The summed E-state index contributed by atoms with van der Waals surface area (Å²) in [6.45, 7) is 2.06. The normalized spacial score (nSPS) is 10.4. The number of carbonyl (C=O) groups is 1. The molecule has 0 aliphatic heterocycles. The lowest BCUT2D eigenvalue weighted by Gasteiger charge is -2.03. The Morgan fingerprint density at radius 1 is 1.41 bits per heavy atom. The van der Waals surface area contributed by atoms with Crippen molar-refractivity contribution in [3.63, 3.8) is 0 Å². The van der Waals surface area contributed by atoms with E-state index in [1.165, 1.54) is 5.56 Å². The molecule has 0 spiro atoms. The van der Waals surface area contributed by atoms with Crippen molar-refractivity contribution in [1.29, 1.82) is 0 Å². The van der Waals surface area contributed by atoms with Crippen LogP contribution in [-0.2, 0) is 6.42 Å². The molecule has 0 bridgehead atoms. The SMILES string of the molecule is CCc1ccc(-c2c(N)n[nH]c2C(=O)O)cc1. The van der Waals surface area contributed by atoms with Crippen LogP contribution in [0.3, 0.4) is 0 Å². The number of aryl methyl sites for hydroxylation is 1. The van der Waals surface area contributed by atoms with Gasteiger partial charge in [0.15, 0.2) is 11.5 Å². The molecule has 0 atom stereocenters. The molecular formula is C12H13N3O2. The van der Waals surface area contributed by atoms with E-state index in [0.29, 0.717) is 5.56 Å². The topological polar surface area (TPSA) is 92.0 Å². The van der Waals surface area contributed by atoms with Crippen molar-refractivity contribution >= 4 is 11.8 Å². The van der Waals surface area contributed by atoms with Gasteiger partial charge in [-0.25, -0.2) is 4.79 Å². The van der Waals surface area contributed by atoms with Gasteiger partial charge in [-0.1, -0.05) is 31.2 Å². The van der Waals surface area contributed by atoms with E-state index in [0.717, 1.165) is 12.0 Å². The standard InChI is InChI=1S/C12H13N3O2/c1-2-7-3-5-8(6-4-7)9-10(12(16)17)14-15-11(9)13/h3-6H,2H2,1H3,(H,16,17)(H3,13,14,15). The maximum absolute atomic E-state index is 11.0. The lowest BCUT2D eigenvalue weighted by Crippen LogP contribution is -1.99. The number of nitrogens with zero attached hydrogens (tertiary/aromatic N) is 1. The van der Waals surface area contributed by atoms with Gasteiger partial charge in [0.05, 0.1) is 5.56 Å². The highest BCUT2D eigenvalue weighted by Crippen LogP contribution is 2.28. The van der Waals surface area contributed by atoms with E-state index in [-0.39, 0.29) is 11.5 Å².